The number of benzene rings is 1. The van der Waals surface area contributed by atoms with Crippen LogP contribution in [0.5, 0.6) is 5.75 Å². The number of carboxylic acids is 1. The van der Waals surface area contributed by atoms with Crippen molar-refractivity contribution in [2.24, 2.45) is 11.8 Å². The van der Waals surface area contributed by atoms with Crippen LogP contribution in [0.4, 0.5) is 11.5 Å². The third-order valence-electron chi connectivity index (χ3n) is 5.95. The molecule has 1 aliphatic carbocycles. The van der Waals surface area contributed by atoms with Crippen molar-refractivity contribution in [3.8, 4) is 5.75 Å². The van der Waals surface area contributed by atoms with E-state index < -0.39 is 5.97 Å². The molecule has 2 aliphatic rings. The number of nitrogens with one attached hydrogen (secondary N) is 3. The van der Waals surface area contributed by atoms with E-state index in [-0.39, 0.29) is 11.6 Å². The third-order valence-corrected chi connectivity index (χ3v) is 5.95. The van der Waals surface area contributed by atoms with Gasteiger partial charge in [0.15, 0.2) is 5.69 Å². The van der Waals surface area contributed by atoms with E-state index >= 15 is 0 Å². The number of hydrogen-bond donors (Lipinski definition) is 4. The molecule has 0 unspecified atom stereocenters. The Hall–Kier alpha value is -2.93. The molecule has 4 N–H and O–H groups in total. The Bertz CT molecular complexity index is 906. The summed E-state index contributed by atoms with van der Waals surface area (Å²) in [4.78, 5) is 16.1. The molecule has 1 aliphatic heterocycles. The standard InChI is InChI=1S/C23H28N4O3/c24-21(16-5-4-6-16)20-19(30-14-15-9-11-25-12-10-15)13-18(23(28)29)27-22(20)26-17-7-2-1-3-8-17/h1-3,7-8,13,15-16,24-25H,4-6,9-12,14H2,(H,26,27)(H,28,29). The molecule has 2 fully saturated rings. The maximum atomic E-state index is 11.7. The van der Waals surface area contributed by atoms with Crippen LogP contribution in [0.1, 0.15) is 48.2 Å². The quantitative estimate of drug-likeness (QED) is 0.491. The highest BCUT2D eigenvalue weighted by molar-refractivity contribution is 6.07. The lowest BCUT2D eigenvalue weighted by atomic mass is 9.79. The summed E-state index contributed by atoms with van der Waals surface area (Å²) in [6, 6.07) is 11.0. The van der Waals surface area contributed by atoms with Crippen LogP contribution >= 0.6 is 0 Å². The van der Waals surface area contributed by atoms with Gasteiger partial charge in [-0.25, -0.2) is 9.78 Å². The second-order valence-electron chi connectivity index (χ2n) is 8.07. The number of carbonyl (C=O) groups is 1. The van der Waals surface area contributed by atoms with E-state index in [2.05, 4.69) is 15.6 Å². The van der Waals surface area contributed by atoms with Crippen molar-refractivity contribution in [3.05, 3.63) is 47.7 Å². The van der Waals surface area contributed by atoms with Crippen molar-refractivity contribution in [2.45, 2.75) is 32.1 Å². The van der Waals surface area contributed by atoms with Crippen LogP contribution in [0, 0.1) is 17.2 Å². The summed E-state index contributed by atoms with van der Waals surface area (Å²) in [6.07, 6.45) is 5.11. The third kappa shape index (κ3) is 4.62. The number of carboxylic acid groups (broad SMARTS) is 1. The molecule has 1 saturated heterocycles. The number of anilines is 2. The summed E-state index contributed by atoms with van der Waals surface area (Å²) in [5, 5.41) is 25.0. The van der Waals surface area contributed by atoms with Crippen LogP contribution in [0.15, 0.2) is 36.4 Å². The minimum atomic E-state index is -1.11. The molecular formula is C23H28N4O3. The van der Waals surface area contributed by atoms with E-state index in [1.165, 1.54) is 6.07 Å². The molecule has 0 spiro atoms. The molecular weight excluding hydrogens is 380 g/mol. The maximum Gasteiger partial charge on any atom is 0.354 e. The highest BCUT2D eigenvalue weighted by atomic mass is 16.5. The van der Waals surface area contributed by atoms with E-state index in [4.69, 9.17) is 10.1 Å². The Morgan fingerprint density at radius 1 is 1.20 bits per heavy atom. The molecule has 0 amide bonds. The zero-order valence-corrected chi connectivity index (χ0v) is 17.0. The molecule has 4 rings (SSSR count). The number of aromatic nitrogens is 1. The fourth-order valence-corrected chi connectivity index (χ4v) is 3.91. The number of nitrogens with zero attached hydrogens (tertiary/aromatic N) is 1. The zero-order valence-electron chi connectivity index (χ0n) is 17.0. The Morgan fingerprint density at radius 2 is 1.93 bits per heavy atom. The van der Waals surface area contributed by atoms with Crippen LogP contribution < -0.4 is 15.4 Å². The van der Waals surface area contributed by atoms with Crippen molar-refractivity contribution in [3.63, 3.8) is 0 Å². The van der Waals surface area contributed by atoms with Gasteiger partial charge in [-0.3, -0.25) is 0 Å². The maximum absolute atomic E-state index is 11.7. The van der Waals surface area contributed by atoms with Crippen LogP contribution in [-0.4, -0.2) is 41.5 Å². The van der Waals surface area contributed by atoms with Gasteiger partial charge in [-0.05, 0) is 56.8 Å². The van der Waals surface area contributed by atoms with Crippen molar-refractivity contribution in [2.75, 3.05) is 25.0 Å². The SMILES string of the molecule is N=C(c1c(OCC2CCNCC2)cc(C(=O)O)nc1Nc1ccccc1)C1CCC1. The zero-order chi connectivity index (χ0) is 20.9. The Labute approximate surface area is 176 Å². The molecule has 7 nitrogen and oxygen atoms in total. The molecule has 7 heteroatoms. The van der Waals surface area contributed by atoms with Crippen LogP contribution in [0.2, 0.25) is 0 Å². The molecule has 1 saturated carbocycles. The van der Waals surface area contributed by atoms with Gasteiger partial charge in [0.05, 0.1) is 12.2 Å². The first kappa shape index (κ1) is 20.3. The Balaban J connectivity index is 1.70. The molecule has 2 heterocycles. The normalized spacial score (nSPS) is 17.2. The minimum Gasteiger partial charge on any atom is -0.492 e. The lowest BCUT2D eigenvalue weighted by Gasteiger charge is -2.29. The lowest BCUT2D eigenvalue weighted by molar-refractivity contribution is 0.0690. The molecule has 1 aromatic carbocycles. The summed E-state index contributed by atoms with van der Waals surface area (Å²) in [5.74, 6) is 0.290. The van der Waals surface area contributed by atoms with Crippen molar-refractivity contribution < 1.29 is 14.6 Å². The first-order valence-corrected chi connectivity index (χ1v) is 10.6. The monoisotopic (exact) mass is 408 g/mol. The minimum absolute atomic E-state index is 0.0844. The summed E-state index contributed by atoms with van der Waals surface area (Å²) in [6.45, 7) is 2.45. The summed E-state index contributed by atoms with van der Waals surface area (Å²) in [5.41, 5.74) is 1.77. The molecule has 0 atom stereocenters. The summed E-state index contributed by atoms with van der Waals surface area (Å²) in [7, 11) is 0. The van der Waals surface area contributed by atoms with Gasteiger partial charge in [-0.15, -0.1) is 0 Å². The van der Waals surface area contributed by atoms with Crippen molar-refractivity contribution in [1.29, 1.82) is 5.41 Å². The van der Waals surface area contributed by atoms with Gasteiger partial charge < -0.3 is 25.9 Å². The molecule has 158 valence electrons. The molecule has 0 radical (unpaired) electrons. The van der Waals surface area contributed by atoms with Crippen molar-refractivity contribution in [1.82, 2.24) is 10.3 Å². The number of hydrogen-bond acceptors (Lipinski definition) is 6. The van der Waals surface area contributed by atoms with Crippen LogP contribution in [0.25, 0.3) is 0 Å². The highest BCUT2D eigenvalue weighted by Crippen LogP contribution is 2.37. The fourth-order valence-electron chi connectivity index (χ4n) is 3.91. The van der Waals surface area contributed by atoms with E-state index in [0.717, 1.165) is 50.9 Å². The Morgan fingerprint density at radius 3 is 2.57 bits per heavy atom. The molecule has 2 aromatic rings. The van der Waals surface area contributed by atoms with Crippen molar-refractivity contribution >= 4 is 23.2 Å². The molecule has 0 bridgehead atoms. The smallest absolute Gasteiger partial charge is 0.354 e. The van der Waals surface area contributed by atoms with Gasteiger partial charge in [0, 0.05) is 23.4 Å². The topological polar surface area (TPSA) is 107 Å². The number of aromatic carboxylic acids is 1. The predicted molar refractivity (Wildman–Crippen MR) is 116 cm³/mol. The van der Waals surface area contributed by atoms with E-state index in [9.17, 15) is 9.90 Å². The fraction of sp³-hybridized carbons (Fsp3) is 0.435. The van der Waals surface area contributed by atoms with Gasteiger partial charge in [-0.2, -0.15) is 0 Å². The first-order chi connectivity index (χ1) is 14.6. The Kier molecular flexibility index (Phi) is 6.28. The van der Waals surface area contributed by atoms with Gasteiger partial charge >= 0.3 is 5.97 Å². The number of para-hydroxylation sites is 1. The lowest BCUT2D eigenvalue weighted by Crippen LogP contribution is -2.31. The second-order valence-corrected chi connectivity index (χ2v) is 8.07. The van der Waals surface area contributed by atoms with Crippen LogP contribution in [-0.2, 0) is 0 Å². The average molecular weight is 409 g/mol. The van der Waals surface area contributed by atoms with E-state index in [1.807, 2.05) is 30.3 Å². The van der Waals surface area contributed by atoms with Gasteiger partial charge in [-0.1, -0.05) is 24.6 Å². The van der Waals surface area contributed by atoms with E-state index in [0.29, 0.717) is 35.4 Å². The van der Waals surface area contributed by atoms with E-state index in [1.54, 1.807) is 0 Å². The number of rotatable bonds is 8. The number of ether oxygens (including phenoxy) is 1. The van der Waals surface area contributed by atoms with Gasteiger partial charge in [0.2, 0.25) is 0 Å². The number of pyridine rings is 1. The second kappa shape index (κ2) is 9.26. The molecule has 1 aromatic heterocycles. The van der Waals surface area contributed by atoms with Gasteiger partial charge in [0.1, 0.15) is 11.6 Å². The van der Waals surface area contributed by atoms with Gasteiger partial charge in [0.25, 0.3) is 0 Å². The summed E-state index contributed by atoms with van der Waals surface area (Å²) >= 11 is 0. The summed E-state index contributed by atoms with van der Waals surface area (Å²) < 4.78 is 6.17. The van der Waals surface area contributed by atoms with Crippen LogP contribution in [0.3, 0.4) is 0 Å². The molecule has 30 heavy (non-hydrogen) atoms. The first-order valence-electron chi connectivity index (χ1n) is 10.6. The largest absolute Gasteiger partial charge is 0.492 e. The average Bonchev–Trinajstić information content (AvgIpc) is 2.72. The number of piperidine rings is 1. The highest BCUT2D eigenvalue weighted by Gasteiger charge is 2.29. The predicted octanol–water partition coefficient (Wildman–Crippen LogP) is 4.07.